The molecule has 2 atom stereocenters. The number of hydrogen-bond donors (Lipinski definition) is 2. The van der Waals surface area contributed by atoms with Crippen LogP contribution in [0.4, 0.5) is 19.0 Å². The molecule has 1 aromatic heterocycles. The van der Waals surface area contributed by atoms with Gasteiger partial charge in [-0.25, -0.2) is 4.68 Å². The van der Waals surface area contributed by atoms with Crippen molar-refractivity contribution in [3.05, 3.63) is 77.0 Å². The van der Waals surface area contributed by atoms with Gasteiger partial charge >= 0.3 is 6.18 Å². The smallest absolute Gasteiger partial charge is 0.410 e. The van der Waals surface area contributed by atoms with Crippen molar-refractivity contribution >= 4 is 11.7 Å². The maximum Gasteiger partial charge on any atom is 0.410 e. The molecular formula is C23H23F3N4O2. The van der Waals surface area contributed by atoms with Crippen LogP contribution in [0.3, 0.4) is 0 Å². The highest BCUT2D eigenvalue weighted by atomic mass is 19.4. The summed E-state index contributed by atoms with van der Waals surface area (Å²) in [5.74, 6) is 0.256. The molecular weight excluding hydrogens is 421 g/mol. The second-order valence-electron chi connectivity index (χ2n) is 7.78. The van der Waals surface area contributed by atoms with Gasteiger partial charge < -0.3 is 15.4 Å². The number of benzene rings is 2. The molecule has 2 heterocycles. The van der Waals surface area contributed by atoms with E-state index in [1.54, 1.807) is 43.5 Å². The van der Waals surface area contributed by atoms with Crippen LogP contribution >= 0.6 is 0 Å². The largest absolute Gasteiger partial charge is 0.497 e. The van der Waals surface area contributed by atoms with E-state index in [0.717, 1.165) is 21.4 Å². The zero-order chi connectivity index (χ0) is 22.9. The molecule has 0 unspecified atom stereocenters. The number of alkyl halides is 3. The molecule has 1 aliphatic heterocycles. The third kappa shape index (κ3) is 4.42. The minimum Gasteiger partial charge on any atom is -0.497 e. The van der Waals surface area contributed by atoms with Gasteiger partial charge in [-0.2, -0.15) is 18.3 Å². The molecule has 0 fully saturated rings. The highest BCUT2D eigenvalue weighted by Crippen LogP contribution is 2.44. The summed E-state index contributed by atoms with van der Waals surface area (Å²) in [4.78, 5) is 12.8. The predicted molar refractivity (Wildman–Crippen MR) is 114 cm³/mol. The Kier molecular flexibility index (Phi) is 5.82. The van der Waals surface area contributed by atoms with Crippen molar-refractivity contribution in [1.82, 2.24) is 15.1 Å². The monoisotopic (exact) mass is 444 g/mol. The van der Waals surface area contributed by atoms with Gasteiger partial charge in [0, 0.05) is 13.0 Å². The standard InChI is InChI=1S/C23H23F3N4O2/c1-14-3-7-16(8-4-14)19-11-20(23(24,25)26)30-21(29-19)18(13-28-30)22(31)27-12-15-5-9-17(32-2)10-6-15/h3-10,13,19-20,29H,11-12H2,1-2H3,(H,27,31)/t19-,20-/m0/s1. The number of rotatable bonds is 5. The van der Waals surface area contributed by atoms with E-state index in [1.165, 1.54) is 6.20 Å². The highest BCUT2D eigenvalue weighted by molar-refractivity contribution is 5.98. The number of fused-ring (bicyclic) bond motifs is 1. The normalized spacial score (nSPS) is 17.9. The molecule has 0 radical (unpaired) electrons. The van der Waals surface area contributed by atoms with Crippen LogP contribution < -0.4 is 15.4 Å². The Labute approximate surface area is 183 Å². The van der Waals surface area contributed by atoms with Gasteiger partial charge in [-0.05, 0) is 30.2 Å². The Hall–Kier alpha value is -3.49. The van der Waals surface area contributed by atoms with Gasteiger partial charge in [0.1, 0.15) is 17.1 Å². The average Bonchev–Trinajstić information content (AvgIpc) is 3.21. The maximum atomic E-state index is 13.8. The number of amides is 1. The lowest BCUT2D eigenvalue weighted by Crippen LogP contribution is -2.36. The zero-order valence-corrected chi connectivity index (χ0v) is 17.6. The molecule has 3 aromatic rings. The number of methoxy groups -OCH3 is 1. The zero-order valence-electron chi connectivity index (χ0n) is 17.6. The van der Waals surface area contributed by atoms with E-state index >= 15 is 0 Å². The fraction of sp³-hybridized carbons (Fsp3) is 0.304. The average molecular weight is 444 g/mol. The number of hydrogen-bond acceptors (Lipinski definition) is 4. The van der Waals surface area contributed by atoms with Crippen LogP contribution in [0.1, 0.15) is 45.6 Å². The van der Waals surface area contributed by atoms with Crippen LogP contribution in [-0.2, 0) is 6.54 Å². The molecule has 6 nitrogen and oxygen atoms in total. The lowest BCUT2D eigenvalue weighted by atomic mass is 9.96. The first-order valence-electron chi connectivity index (χ1n) is 10.1. The highest BCUT2D eigenvalue weighted by Gasteiger charge is 2.47. The van der Waals surface area contributed by atoms with Crippen molar-refractivity contribution in [2.75, 3.05) is 12.4 Å². The van der Waals surface area contributed by atoms with Crippen LogP contribution in [0.5, 0.6) is 5.75 Å². The number of carbonyl (C=O) groups excluding carboxylic acids is 1. The Morgan fingerprint density at radius 1 is 1.19 bits per heavy atom. The molecule has 4 rings (SSSR count). The van der Waals surface area contributed by atoms with Crippen LogP contribution in [0, 0.1) is 6.92 Å². The van der Waals surface area contributed by atoms with Gasteiger partial charge in [-0.1, -0.05) is 42.0 Å². The van der Waals surface area contributed by atoms with Crippen LogP contribution in [0.15, 0.2) is 54.7 Å². The van der Waals surface area contributed by atoms with Crippen molar-refractivity contribution in [3.63, 3.8) is 0 Å². The van der Waals surface area contributed by atoms with E-state index in [-0.39, 0.29) is 24.3 Å². The van der Waals surface area contributed by atoms with E-state index in [2.05, 4.69) is 15.7 Å². The first-order chi connectivity index (χ1) is 15.3. The summed E-state index contributed by atoms with van der Waals surface area (Å²) in [7, 11) is 1.56. The predicted octanol–water partition coefficient (Wildman–Crippen LogP) is 4.79. The summed E-state index contributed by atoms with van der Waals surface area (Å²) in [5.41, 5.74) is 2.64. The van der Waals surface area contributed by atoms with Crippen molar-refractivity contribution in [3.8, 4) is 5.75 Å². The molecule has 1 aliphatic rings. The number of aryl methyl sites for hydroxylation is 1. The summed E-state index contributed by atoms with van der Waals surface area (Å²) < 4.78 is 47.4. The molecule has 9 heteroatoms. The molecule has 1 amide bonds. The summed E-state index contributed by atoms with van der Waals surface area (Å²) >= 11 is 0. The van der Waals surface area contributed by atoms with Gasteiger partial charge in [0.15, 0.2) is 6.04 Å². The lowest BCUT2D eigenvalue weighted by Gasteiger charge is -2.34. The summed E-state index contributed by atoms with van der Waals surface area (Å²) in [6.07, 6.45) is -3.53. The fourth-order valence-corrected chi connectivity index (χ4v) is 3.77. The Balaban J connectivity index is 1.58. The van der Waals surface area contributed by atoms with Gasteiger partial charge in [-0.15, -0.1) is 0 Å². The van der Waals surface area contributed by atoms with Gasteiger partial charge in [0.2, 0.25) is 0 Å². The molecule has 2 N–H and O–H groups in total. The number of carbonyl (C=O) groups is 1. The van der Waals surface area contributed by atoms with Gasteiger partial charge in [-0.3, -0.25) is 4.79 Å². The minimum absolute atomic E-state index is 0.0661. The van der Waals surface area contributed by atoms with E-state index in [0.29, 0.717) is 5.75 Å². The van der Waals surface area contributed by atoms with Crippen molar-refractivity contribution in [1.29, 1.82) is 0 Å². The number of nitrogens with zero attached hydrogens (tertiary/aromatic N) is 2. The van der Waals surface area contributed by atoms with E-state index < -0.39 is 24.2 Å². The molecule has 32 heavy (non-hydrogen) atoms. The third-order valence-electron chi connectivity index (χ3n) is 5.57. The SMILES string of the molecule is COc1ccc(CNC(=O)c2cnn3c2N[C@H](c2ccc(C)cc2)C[C@H]3C(F)(F)F)cc1. The van der Waals surface area contributed by atoms with E-state index in [9.17, 15) is 18.0 Å². The molecule has 2 aromatic carbocycles. The fourth-order valence-electron chi connectivity index (χ4n) is 3.77. The van der Waals surface area contributed by atoms with Crippen molar-refractivity contribution in [2.24, 2.45) is 0 Å². The first kappa shape index (κ1) is 21.7. The molecule has 168 valence electrons. The molecule has 0 bridgehead atoms. The number of aromatic nitrogens is 2. The number of ether oxygens (including phenoxy) is 1. The van der Waals surface area contributed by atoms with Crippen LogP contribution in [-0.4, -0.2) is 29.0 Å². The van der Waals surface area contributed by atoms with E-state index in [1.807, 2.05) is 19.1 Å². The van der Waals surface area contributed by atoms with Crippen LogP contribution in [0.25, 0.3) is 0 Å². The molecule has 0 aliphatic carbocycles. The summed E-state index contributed by atoms with van der Waals surface area (Å²) in [6, 6.07) is 12.0. The van der Waals surface area contributed by atoms with Crippen LogP contribution in [0.2, 0.25) is 0 Å². The number of nitrogens with one attached hydrogen (secondary N) is 2. The Morgan fingerprint density at radius 2 is 1.88 bits per heavy atom. The van der Waals surface area contributed by atoms with Crippen molar-refractivity contribution in [2.45, 2.75) is 38.1 Å². The second kappa shape index (κ2) is 8.57. The number of halogens is 3. The molecule has 0 spiro atoms. The quantitative estimate of drug-likeness (QED) is 0.594. The summed E-state index contributed by atoms with van der Waals surface area (Å²) in [6.45, 7) is 2.13. The molecule has 0 saturated carbocycles. The number of anilines is 1. The Morgan fingerprint density at radius 3 is 2.50 bits per heavy atom. The van der Waals surface area contributed by atoms with E-state index in [4.69, 9.17) is 4.74 Å². The molecule has 0 saturated heterocycles. The third-order valence-corrected chi connectivity index (χ3v) is 5.57. The minimum atomic E-state index is -4.50. The Bertz CT molecular complexity index is 1090. The van der Waals surface area contributed by atoms with Crippen molar-refractivity contribution < 1.29 is 22.7 Å². The summed E-state index contributed by atoms with van der Waals surface area (Å²) in [5, 5.41) is 9.75. The first-order valence-corrected chi connectivity index (χ1v) is 10.1. The second-order valence-corrected chi connectivity index (χ2v) is 7.78. The topological polar surface area (TPSA) is 68.2 Å². The maximum absolute atomic E-state index is 13.8. The van der Waals surface area contributed by atoms with Gasteiger partial charge in [0.25, 0.3) is 5.91 Å². The van der Waals surface area contributed by atoms with Gasteiger partial charge in [0.05, 0.1) is 19.3 Å². The lowest BCUT2D eigenvalue weighted by molar-refractivity contribution is -0.173.